The maximum atomic E-state index is 12.5. The average molecular weight is 387 g/mol. The predicted octanol–water partition coefficient (Wildman–Crippen LogP) is 3.05. The first-order valence-electron chi connectivity index (χ1n) is 7.43. The third kappa shape index (κ3) is 5.60. The monoisotopic (exact) mass is 387 g/mol. The van der Waals surface area contributed by atoms with Crippen molar-refractivity contribution in [1.29, 1.82) is 0 Å². The Morgan fingerprint density at radius 3 is 2.58 bits per heavy atom. The van der Waals surface area contributed by atoms with Crippen LogP contribution in [0, 0.1) is 0 Å². The molecule has 1 aromatic carbocycles. The van der Waals surface area contributed by atoms with Crippen LogP contribution in [-0.2, 0) is 22.3 Å². The molecule has 2 aromatic rings. The summed E-state index contributed by atoms with van der Waals surface area (Å²) in [5.74, 6) is -0.436. The van der Waals surface area contributed by atoms with Crippen LogP contribution in [0.4, 0.5) is 18.9 Å². The highest BCUT2D eigenvalue weighted by atomic mass is 32.2. The van der Waals surface area contributed by atoms with Gasteiger partial charge in [-0.2, -0.15) is 13.2 Å². The number of aromatic nitrogens is 2. The Bertz CT molecular complexity index is 822. The van der Waals surface area contributed by atoms with Crippen LogP contribution in [0.5, 0.6) is 0 Å². The number of rotatable bonds is 6. The van der Waals surface area contributed by atoms with Crippen molar-refractivity contribution in [2.45, 2.75) is 30.1 Å². The van der Waals surface area contributed by atoms with Crippen LogP contribution in [0.25, 0.3) is 0 Å². The minimum absolute atomic E-state index is 0.156. The Kier molecular flexibility index (Phi) is 6.43. The molecule has 26 heavy (non-hydrogen) atoms. The number of thioether (sulfide) groups is 1. The summed E-state index contributed by atoms with van der Waals surface area (Å²) in [6, 6.07) is 5.43. The third-order valence-corrected chi connectivity index (χ3v) is 4.19. The molecule has 2 rings (SSSR count). The Balaban J connectivity index is 2.02. The fourth-order valence-electron chi connectivity index (χ4n) is 1.97. The molecule has 0 saturated carbocycles. The van der Waals surface area contributed by atoms with E-state index in [9.17, 15) is 22.8 Å². The normalized spacial score (nSPS) is 12.7. The summed E-state index contributed by atoms with van der Waals surface area (Å²) in [6.45, 7) is 1.75. The number of hydrogen-bond acceptors (Lipinski definition) is 5. The SMILES string of the molecule is COCc1cc(=O)[nH]c(SC(C)C(=O)Nc2ccc(C(F)(F)F)cc2)n1. The van der Waals surface area contributed by atoms with E-state index in [1.807, 2.05) is 0 Å². The number of nitrogens with one attached hydrogen (secondary N) is 2. The van der Waals surface area contributed by atoms with Gasteiger partial charge in [0.15, 0.2) is 5.16 Å². The van der Waals surface area contributed by atoms with Crippen LogP contribution >= 0.6 is 11.8 Å². The van der Waals surface area contributed by atoms with E-state index < -0.39 is 22.9 Å². The number of halogens is 3. The molecule has 0 saturated heterocycles. The lowest BCUT2D eigenvalue weighted by molar-refractivity contribution is -0.137. The summed E-state index contributed by atoms with van der Waals surface area (Å²) in [4.78, 5) is 30.5. The summed E-state index contributed by atoms with van der Waals surface area (Å²) in [6.07, 6.45) is -4.43. The first-order valence-corrected chi connectivity index (χ1v) is 8.31. The third-order valence-electron chi connectivity index (χ3n) is 3.20. The lowest BCUT2D eigenvalue weighted by Crippen LogP contribution is -2.23. The Morgan fingerprint density at radius 2 is 2.00 bits per heavy atom. The molecule has 2 N–H and O–H groups in total. The van der Waals surface area contributed by atoms with Crippen molar-refractivity contribution >= 4 is 23.4 Å². The molecule has 0 spiro atoms. The van der Waals surface area contributed by atoms with Crippen LogP contribution < -0.4 is 10.9 Å². The predicted molar refractivity (Wildman–Crippen MR) is 91.0 cm³/mol. The van der Waals surface area contributed by atoms with Crippen molar-refractivity contribution in [3.05, 3.63) is 51.9 Å². The molecule has 1 aromatic heterocycles. The lowest BCUT2D eigenvalue weighted by atomic mass is 10.2. The molecule has 0 aliphatic heterocycles. The van der Waals surface area contributed by atoms with Crippen LogP contribution in [-0.4, -0.2) is 28.2 Å². The van der Waals surface area contributed by atoms with Gasteiger partial charge in [-0.25, -0.2) is 4.98 Å². The van der Waals surface area contributed by atoms with E-state index in [1.54, 1.807) is 6.92 Å². The summed E-state index contributed by atoms with van der Waals surface area (Å²) < 4.78 is 42.5. The minimum Gasteiger partial charge on any atom is -0.378 e. The zero-order valence-corrected chi connectivity index (χ0v) is 14.7. The van der Waals surface area contributed by atoms with Gasteiger partial charge in [0.2, 0.25) is 5.91 Å². The number of ether oxygens (including phenoxy) is 1. The second-order valence-corrected chi connectivity index (χ2v) is 6.63. The zero-order chi connectivity index (χ0) is 19.3. The number of carbonyl (C=O) groups is 1. The fraction of sp³-hybridized carbons (Fsp3) is 0.312. The first-order chi connectivity index (χ1) is 12.2. The molecule has 0 radical (unpaired) electrons. The number of amides is 1. The van der Waals surface area contributed by atoms with E-state index in [-0.39, 0.29) is 23.0 Å². The number of aromatic amines is 1. The number of hydrogen-bond donors (Lipinski definition) is 2. The van der Waals surface area contributed by atoms with Gasteiger partial charge in [-0.05, 0) is 31.2 Å². The van der Waals surface area contributed by atoms with Crippen molar-refractivity contribution in [3.63, 3.8) is 0 Å². The van der Waals surface area contributed by atoms with E-state index in [1.165, 1.54) is 25.3 Å². The summed E-state index contributed by atoms with van der Waals surface area (Å²) >= 11 is 1.02. The van der Waals surface area contributed by atoms with Crippen LogP contribution in [0.15, 0.2) is 40.3 Å². The molecule has 0 fully saturated rings. The van der Waals surface area contributed by atoms with Crippen molar-refractivity contribution in [2.75, 3.05) is 12.4 Å². The Morgan fingerprint density at radius 1 is 1.35 bits per heavy atom. The largest absolute Gasteiger partial charge is 0.416 e. The maximum absolute atomic E-state index is 12.5. The van der Waals surface area contributed by atoms with Gasteiger partial charge < -0.3 is 15.0 Å². The molecule has 0 bridgehead atoms. The van der Waals surface area contributed by atoms with Crippen molar-refractivity contribution in [1.82, 2.24) is 9.97 Å². The molecule has 1 atom stereocenters. The van der Waals surface area contributed by atoms with E-state index in [0.717, 1.165) is 23.9 Å². The number of alkyl halides is 3. The second kappa shape index (κ2) is 8.37. The first kappa shape index (κ1) is 20.0. The van der Waals surface area contributed by atoms with Gasteiger partial charge in [-0.15, -0.1) is 0 Å². The number of benzene rings is 1. The molecule has 140 valence electrons. The lowest BCUT2D eigenvalue weighted by Gasteiger charge is -2.13. The molecule has 0 aliphatic carbocycles. The minimum atomic E-state index is -4.43. The zero-order valence-electron chi connectivity index (χ0n) is 13.9. The van der Waals surface area contributed by atoms with Gasteiger partial charge in [-0.3, -0.25) is 9.59 Å². The molecular weight excluding hydrogens is 371 g/mol. The average Bonchev–Trinajstić information content (AvgIpc) is 2.54. The van der Waals surface area contributed by atoms with E-state index in [4.69, 9.17) is 4.74 Å². The number of H-pyrrole nitrogens is 1. The van der Waals surface area contributed by atoms with Crippen LogP contribution in [0.1, 0.15) is 18.2 Å². The van der Waals surface area contributed by atoms with Crippen molar-refractivity contribution < 1.29 is 22.7 Å². The van der Waals surface area contributed by atoms with Crippen LogP contribution in [0.2, 0.25) is 0 Å². The van der Waals surface area contributed by atoms with E-state index >= 15 is 0 Å². The maximum Gasteiger partial charge on any atom is 0.416 e. The smallest absolute Gasteiger partial charge is 0.378 e. The Labute approximate surface area is 151 Å². The van der Waals surface area contributed by atoms with Gasteiger partial charge in [-0.1, -0.05) is 11.8 Å². The standard InChI is InChI=1S/C16H16F3N3O3S/c1-9(26-15-21-12(8-25-2)7-13(23)22-15)14(24)20-11-5-3-10(4-6-11)16(17,18)19/h3-7,9H,8H2,1-2H3,(H,20,24)(H,21,22,23). The Hall–Kier alpha value is -2.33. The molecule has 0 aliphatic rings. The molecule has 1 amide bonds. The van der Waals surface area contributed by atoms with Gasteiger partial charge in [0.25, 0.3) is 5.56 Å². The highest BCUT2D eigenvalue weighted by molar-refractivity contribution is 8.00. The second-order valence-electron chi connectivity index (χ2n) is 5.30. The number of methoxy groups -OCH3 is 1. The van der Waals surface area contributed by atoms with E-state index in [0.29, 0.717) is 5.69 Å². The quantitative estimate of drug-likeness (QED) is 0.588. The summed E-state index contributed by atoms with van der Waals surface area (Å²) in [5.41, 5.74) is -0.501. The van der Waals surface area contributed by atoms with Crippen LogP contribution in [0.3, 0.4) is 0 Å². The highest BCUT2D eigenvalue weighted by Crippen LogP contribution is 2.30. The molecule has 1 heterocycles. The van der Waals surface area contributed by atoms with Gasteiger partial charge in [0.05, 0.1) is 23.1 Å². The number of nitrogens with zero attached hydrogens (tertiary/aromatic N) is 1. The van der Waals surface area contributed by atoms with Gasteiger partial charge in [0, 0.05) is 18.9 Å². The van der Waals surface area contributed by atoms with Crippen molar-refractivity contribution in [3.8, 4) is 0 Å². The fourth-order valence-corrected chi connectivity index (χ4v) is 2.80. The van der Waals surface area contributed by atoms with E-state index in [2.05, 4.69) is 15.3 Å². The molecule has 10 heteroatoms. The number of anilines is 1. The van der Waals surface area contributed by atoms with Gasteiger partial charge in [0.1, 0.15) is 0 Å². The number of carbonyl (C=O) groups excluding carboxylic acids is 1. The highest BCUT2D eigenvalue weighted by Gasteiger charge is 2.30. The molecule has 1 unspecified atom stereocenters. The topological polar surface area (TPSA) is 84.1 Å². The summed E-state index contributed by atoms with van der Waals surface area (Å²) in [7, 11) is 1.47. The molecule has 6 nitrogen and oxygen atoms in total. The van der Waals surface area contributed by atoms with Crippen molar-refractivity contribution in [2.24, 2.45) is 0 Å². The van der Waals surface area contributed by atoms with Gasteiger partial charge >= 0.3 is 6.18 Å². The molecular formula is C16H16F3N3O3S. The summed E-state index contributed by atoms with van der Waals surface area (Å²) in [5, 5.41) is 2.13.